The lowest BCUT2D eigenvalue weighted by atomic mass is 9.88. The van der Waals surface area contributed by atoms with Crippen LogP contribution in [0.5, 0.6) is 0 Å². The van der Waals surface area contributed by atoms with Crippen LogP contribution in [0.3, 0.4) is 0 Å². The minimum absolute atomic E-state index is 0.0257. The molecule has 1 amide bonds. The van der Waals surface area contributed by atoms with Gasteiger partial charge in [-0.05, 0) is 51.1 Å². The Morgan fingerprint density at radius 2 is 1.74 bits per heavy atom. The van der Waals surface area contributed by atoms with Gasteiger partial charge in [-0.2, -0.15) is 0 Å². The first kappa shape index (κ1) is 19.9. The van der Waals surface area contributed by atoms with Crippen LogP contribution in [0.2, 0.25) is 10.0 Å². The number of nitrogens with one attached hydrogen (secondary N) is 1. The van der Waals surface area contributed by atoms with Gasteiger partial charge in [-0.15, -0.1) is 0 Å². The number of hydrogen-bond acceptors (Lipinski definition) is 3. The van der Waals surface area contributed by atoms with Crippen LogP contribution in [0.15, 0.2) is 42.5 Å². The minimum Gasteiger partial charge on any atom is -0.324 e. The fraction of sp³-hybridized carbons (Fsp3) is 0.333. The summed E-state index contributed by atoms with van der Waals surface area (Å²) in [7, 11) is 0. The summed E-state index contributed by atoms with van der Waals surface area (Å²) < 4.78 is 0. The number of likely N-dealkylation sites (tertiary alicyclic amines) is 1. The van der Waals surface area contributed by atoms with E-state index < -0.39 is 0 Å². The van der Waals surface area contributed by atoms with Crippen molar-refractivity contribution in [3.63, 3.8) is 0 Å². The van der Waals surface area contributed by atoms with E-state index >= 15 is 0 Å². The summed E-state index contributed by atoms with van der Waals surface area (Å²) in [5.74, 6) is 0.104. The molecule has 0 saturated carbocycles. The van der Waals surface area contributed by atoms with Crippen LogP contribution in [-0.4, -0.2) is 36.2 Å². The van der Waals surface area contributed by atoms with Crippen LogP contribution in [0.1, 0.15) is 28.8 Å². The van der Waals surface area contributed by atoms with Gasteiger partial charge in [0.15, 0.2) is 5.78 Å². The highest BCUT2D eigenvalue weighted by atomic mass is 35.5. The first-order valence-electron chi connectivity index (χ1n) is 9.00. The molecule has 4 nitrogen and oxygen atoms in total. The van der Waals surface area contributed by atoms with Gasteiger partial charge in [0.25, 0.3) is 0 Å². The fourth-order valence-electron chi connectivity index (χ4n) is 3.29. The average Bonchev–Trinajstić information content (AvgIpc) is 2.65. The topological polar surface area (TPSA) is 49.4 Å². The smallest absolute Gasteiger partial charge is 0.238 e. The van der Waals surface area contributed by atoms with E-state index in [4.69, 9.17) is 23.2 Å². The first-order valence-corrected chi connectivity index (χ1v) is 9.76. The number of piperidine rings is 1. The Kier molecular flexibility index (Phi) is 6.53. The summed E-state index contributed by atoms with van der Waals surface area (Å²) >= 11 is 12.0. The molecule has 1 aliphatic heterocycles. The maximum atomic E-state index is 12.6. The van der Waals surface area contributed by atoms with Gasteiger partial charge in [0.05, 0.1) is 17.3 Å². The zero-order valence-electron chi connectivity index (χ0n) is 15.2. The van der Waals surface area contributed by atoms with Gasteiger partial charge >= 0.3 is 0 Å². The SMILES string of the molecule is Cc1ccc(C(=O)C2CCN(CC(=O)Nc3ccc(Cl)cc3Cl)CC2)cc1. The van der Waals surface area contributed by atoms with Crippen LogP contribution in [0, 0.1) is 12.8 Å². The summed E-state index contributed by atoms with van der Waals surface area (Å²) in [6, 6.07) is 12.7. The lowest BCUT2D eigenvalue weighted by Crippen LogP contribution is -2.40. The van der Waals surface area contributed by atoms with E-state index in [-0.39, 0.29) is 24.2 Å². The van der Waals surface area contributed by atoms with Gasteiger partial charge in [0.2, 0.25) is 5.91 Å². The first-order chi connectivity index (χ1) is 12.9. The highest BCUT2D eigenvalue weighted by Crippen LogP contribution is 2.26. The number of amides is 1. The number of carbonyl (C=O) groups is 2. The van der Waals surface area contributed by atoms with Crippen molar-refractivity contribution in [2.24, 2.45) is 5.92 Å². The molecule has 6 heteroatoms. The molecule has 2 aromatic rings. The molecule has 1 N–H and O–H groups in total. The highest BCUT2D eigenvalue weighted by Gasteiger charge is 2.26. The van der Waals surface area contributed by atoms with Crippen molar-refractivity contribution in [1.82, 2.24) is 4.90 Å². The molecule has 1 heterocycles. The second kappa shape index (κ2) is 8.87. The molecule has 27 heavy (non-hydrogen) atoms. The molecular weight excluding hydrogens is 383 g/mol. The Hall–Kier alpha value is -1.88. The molecule has 1 aliphatic rings. The minimum atomic E-state index is -0.123. The molecule has 0 unspecified atom stereocenters. The summed E-state index contributed by atoms with van der Waals surface area (Å²) in [6.45, 7) is 3.74. The van der Waals surface area contributed by atoms with Gasteiger partial charge in [-0.25, -0.2) is 0 Å². The Labute approximate surface area is 169 Å². The third-order valence-electron chi connectivity index (χ3n) is 4.87. The molecule has 1 saturated heterocycles. The number of halogens is 2. The number of rotatable bonds is 5. The maximum Gasteiger partial charge on any atom is 0.238 e. The molecule has 1 fully saturated rings. The number of aryl methyl sites for hydroxylation is 1. The average molecular weight is 405 g/mol. The van der Waals surface area contributed by atoms with Crippen molar-refractivity contribution in [1.29, 1.82) is 0 Å². The van der Waals surface area contributed by atoms with Crippen molar-refractivity contribution in [2.45, 2.75) is 19.8 Å². The number of nitrogens with zero attached hydrogens (tertiary/aromatic N) is 1. The molecule has 0 atom stereocenters. The largest absolute Gasteiger partial charge is 0.324 e. The molecular formula is C21H22Cl2N2O2. The monoisotopic (exact) mass is 404 g/mol. The van der Waals surface area contributed by atoms with Crippen LogP contribution < -0.4 is 5.32 Å². The van der Waals surface area contributed by atoms with Crippen LogP contribution in [0.25, 0.3) is 0 Å². The molecule has 0 aliphatic carbocycles. The zero-order valence-corrected chi connectivity index (χ0v) is 16.7. The molecule has 0 spiro atoms. The van der Waals surface area contributed by atoms with Gasteiger partial charge in [-0.3, -0.25) is 14.5 Å². The predicted molar refractivity (Wildman–Crippen MR) is 110 cm³/mol. The van der Waals surface area contributed by atoms with E-state index in [2.05, 4.69) is 10.2 Å². The van der Waals surface area contributed by atoms with Crippen LogP contribution in [-0.2, 0) is 4.79 Å². The standard InChI is InChI=1S/C21H22Cl2N2O2/c1-14-2-4-15(5-3-14)21(27)16-8-10-25(11-9-16)13-20(26)24-19-7-6-17(22)12-18(19)23/h2-7,12,16H,8-11,13H2,1H3,(H,24,26). The normalized spacial score (nSPS) is 15.5. The summed E-state index contributed by atoms with van der Waals surface area (Å²) in [4.78, 5) is 27.0. The van der Waals surface area contributed by atoms with Crippen LogP contribution in [0.4, 0.5) is 5.69 Å². The Morgan fingerprint density at radius 1 is 1.07 bits per heavy atom. The van der Waals surface area contributed by atoms with E-state index in [1.54, 1.807) is 18.2 Å². The van der Waals surface area contributed by atoms with E-state index in [9.17, 15) is 9.59 Å². The maximum absolute atomic E-state index is 12.6. The zero-order chi connectivity index (χ0) is 19.4. The fourth-order valence-corrected chi connectivity index (χ4v) is 3.75. The van der Waals surface area contributed by atoms with E-state index in [0.29, 0.717) is 15.7 Å². The second-order valence-electron chi connectivity index (χ2n) is 6.95. The lowest BCUT2D eigenvalue weighted by molar-refractivity contribution is -0.117. The summed E-state index contributed by atoms with van der Waals surface area (Å²) in [6.07, 6.45) is 1.53. The number of benzene rings is 2. The highest BCUT2D eigenvalue weighted by molar-refractivity contribution is 6.36. The van der Waals surface area contributed by atoms with Gasteiger partial charge in [0, 0.05) is 16.5 Å². The van der Waals surface area contributed by atoms with Gasteiger partial charge in [-0.1, -0.05) is 53.0 Å². The van der Waals surface area contributed by atoms with Crippen molar-refractivity contribution in [2.75, 3.05) is 25.0 Å². The molecule has 0 aromatic heterocycles. The van der Waals surface area contributed by atoms with Gasteiger partial charge in [0.1, 0.15) is 0 Å². The van der Waals surface area contributed by atoms with Crippen molar-refractivity contribution >= 4 is 40.6 Å². The molecule has 0 radical (unpaired) electrons. The van der Waals surface area contributed by atoms with Crippen molar-refractivity contribution in [3.05, 3.63) is 63.6 Å². The second-order valence-corrected chi connectivity index (χ2v) is 7.80. The van der Waals surface area contributed by atoms with Crippen LogP contribution >= 0.6 is 23.2 Å². The Bertz CT molecular complexity index is 829. The van der Waals surface area contributed by atoms with Gasteiger partial charge < -0.3 is 5.32 Å². The lowest BCUT2D eigenvalue weighted by Gasteiger charge is -2.30. The molecule has 2 aromatic carbocycles. The quantitative estimate of drug-likeness (QED) is 0.725. The summed E-state index contributed by atoms with van der Waals surface area (Å²) in [5, 5.41) is 3.75. The van der Waals surface area contributed by atoms with E-state index in [0.717, 1.165) is 37.1 Å². The Morgan fingerprint density at radius 3 is 2.37 bits per heavy atom. The third-order valence-corrected chi connectivity index (χ3v) is 5.41. The molecule has 142 valence electrons. The Balaban J connectivity index is 1.49. The predicted octanol–water partition coefficient (Wildman–Crippen LogP) is 4.84. The van der Waals surface area contributed by atoms with Crippen molar-refractivity contribution < 1.29 is 9.59 Å². The number of anilines is 1. The number of hydrogen-bond donors (Lipinski definition) is 1. The van der Waals surface area contributed by atoms with E-state index in [1.807, 2.05) is 31.2 Å². The summed E-state index contributed by atoms with van der Waals surface area (Å²) in [5.41, 5.74) is 2.47. The number of Topliss-reactive ketones (excluding diaryl/α,β-unsaturated/α-hetero) is 1. The number of ketones is 1. The van der Waals surface area contributed by atoms with Crippen molar-refractivity contribution in [3.8, 4) is 0 Å². The van der Waals surface area contributed by atoms with E-state index in [1.165, 1.54) is 0 Å². The molecule has 3 rings (SSSR count). The number of carbonyl (C=O) groups excluding carboxylic acids is 2. The molecule has 0 bridgehead atoms. The third kappa shape index (κ3) is 5.32.